The van der Waals surface area contributed by atoms with Crippen LogP contribution < -0.4 is 4.90 Å². The molecular formula is C31H42ClF2N3O. The molecule has 2 fully saturated rings. The summed E-state index contributed by atoms with van der Waals surface area (Å²) in [5.41, 5.74) is 3.14. The minimum atomic E-state index is -0.234. The van der Waals surface area contributed by atoms with Crippen LogP contribution in [0.4, 0.5) is 20.2 Å². The predicted molar refractivity (Wildman–Crippen MR) is 153 cm³/mol. The van der Waals surface area contributed by atoms with Crippen LogP contribution in [0.2, 0.25) is 0 Å². The summed E-state index contributed by atoms with van der Waals surface area (Å²) in [5.74, 6) is 0.210. The summed E-state index contributed by atoms with van der Waals surface area (Å²) < 4.78 is 27.8. The van der Waals surface area contributed by atoms with Gasteiger partial charge in [-0.15, -0.1) is 12.4 Å². The first-order valence-electron chi connectivity index (χ1n) is 14.4. The zero-order chi connectivity index (χ0) is 25.6. The first kappa shape index (κ1) is 28.8. The molecule has 3 aliphatic rings. The van der Waals surface area contributed by atoms with E-state index in [-0.39, 0.29) is 30.0 Å². The van der Waals surface area contributed by atoms with Crippen molar-refractivity contribution in [3.05, 3.63) is 59.7 Å². The molecule has 2 atom stereocenters. The molecule has 0 unspecified atom stereocenters. The number of carbonyl (C=O) groups excluding carboxylic acids is 1. The van der Waals surface area contributed by atoms with Crippen LogP contribution >= 0.6 is 12.4 Å². The van der Waals surface area contributed by atoms with Crippen molar-refractivity contribution in [1.29, 1.82) is 0 Å². The van der Waals surface area contributed by atoms with Crippen molar-refractivity contribution < 1.29 is 13.6 Å². The van der Waals surface area contributed by atoms with Gasteiger partial charge in [0.25, 0.3) is 0 Å². The summed E-state index contributed by atoms with van der Waals surface area (Å²) in [7, 11) is 0. The zero-order valence-electron chi connectivity index (χ0n) is 22.4. The van der Waals surface area contributed by atoms with Gasteiger partial charge < -0.3 is 14.7 Å². The monoisotopic (exact) mass is 545 g/mol. The molecule has 0 bridgehead atoms. The van der Waals surface area contributed by atoms with E-state index in [1.54, 1.807) is 6.07 Å². The Morgan fingerprint density at radius 2 is 1.47 bits per heavy atom. The summed E-state index contributed by atoms with van der Waals surface area (Å²) in [4.78, 5) is 18.8. The molecule has 0 aliphatic carbocycles. The number of likely N-dealkylation sites (tertiary alicyclic amines) is 2. The van der Waals surface area contributed by atoms with Gasteiger partial charge in [-0.3, -0.25) is 4.79 Å². The maximum atomic E-state index is 14.2. The van der Waals surface area contributed by atoms with Crippen molar-refractivity contribution in [2.75, 3.05) is 37.6 Å². The lowest BCUT2D eigenvalue weighted by Crippen LogP contribution is -2.45. The number of halogens is 3. The summed E-state index contributed by atoms with van der Waals surface area (Å²) in [6, 6.07) is 12.1. The van der Waals surface area contributed by atoms with Gasteiger partial charge >= 0.3 is 0 Å². The minimum Gasteiger partial charge on any atom is -0.343 e. The second-order valence-electron chi connectivity index (χ2n) is 11.1. The molecule has 1 amide bonds. The maximum absolute atomic E-state index is 14.2. The highest BCUT2D eigenvalue weighted by Gasteiger charge is 2.42. The van der Waals surface area contributed by atoms with E-state index in [2.05, 4.69) is 14.7 Å². The number of amides is 1. The highest BCUT2D eigenvalue weighted by molar-refractivity contribution is 5.85. The minimum absolute atomic E-state index is 0. The molecule has 0 saturated carbocycles. The number of benzene rings is 2. The van der Waals surface area contributed by atoms with Gasteiger partial charge in [-0.1, -0.05) is 32.1 Å². The van der Waals surface area contributed by atoms with Gasteiger partial charge in [0.1, 0.15) is 11.6 Å². The third-order valence-electron chi connectivity index (χ3n) is 8.57. The van der Waals surface area contributed by atoms with E-state index in [0.29, 0.717) is 11.9 Å². The van der Waals surface area contributed by atoms with Crippen LogP contribution in [0.1, 0.15) is 82.1 Å². The Labute approximate surface area is 232 Å². The average molecular weight is 546 g/mol. The van der Waals surface area contributed by atoms with Crippen molar-refractivity contribution in [2.45, 2.75) is 82.6 Å². The fourth-order valence-electron chi connectivity index (χ4n) is 6.60. The molecule has 0 aromatic heterocycles. The van der Waals surface area contributed by atoms with E-state index in [0.717, 1.165) is 75.3 Å². The third-order valence-corrected chi connectivity index (χ3v) is 8.57. The Hall–Kier alpha value is -2.18. The lowest BCUT2D eigenvalue weighted by molar-refractivity contribution is -0.133. The first-order chi connectivity index (χ1) is 18.1. The number of unbranched alkanes of at least 4 members (excludes halogenated alkanes) is 6. The number of anilines is 2. The van der Waals surface area contributed by atoms with Gasteiger partial charge in [0, 0.05) is 55.9 Å². The predicted octanol–water partition coefficient (Wildman–Crippen LogP) is 7.44. The molecule has 0 radical (unpaired) electrons. The molecule has 208 valence electrons. The lowest BCUT2D eigenvalue weighted by atomic mass is 9.88. The van der Waals surface area contributed by atoms with Gasteiger partial charge in [0.15, 0.2) is 0 Å². The Morgan fingerprint density at radius 1 is 0.789 bits per heavy atom. The van der Waals surface area contributed by atoms with Crippen LogP contribution in [0, 0.1) is 11.6 Å². The molecular weight excluding hydrogens is 504 g/mol. The Kier molecular flexibility index (Phi) is 10.4. The van der Waals surface area contributed by atoms with Crippen LogP contribution in [-0.2, 0) is 4.79 Å². The molecule has 2 aromatic carbocycles. The maximum Gasteiger partial charge on any atom is 0.222 e. The third kappa shape index (κ3) is 6.87. The van der Waals surface area contributed by atoms with Crippen LogP contribution in [0.15, 0.2) is 42.5 Å². The van der Waals surface area contributed by atoms with Crippen LogP contribution in [0.3, 0.4) is 0 Å². The fraction of sp³-hybridized carbons (Fsp3) is 0.581. The number of fused-ring (bicyclic) bond motifs is 3. The van der Waals surface area contributed by atoms with Gasteiger partial charge in [-0.05, 0) is 86.7 Å². The van der Waals surface area contributed by atoms with E-state index < -0.39 is 0 Å². The lowest BCUT2D eigenvalue weighted by Gasteiger charge is -2.39. The second-order valence-corrected chi connectivity index (χ2v) is 11.1. The Morgan fingerprint density at radius 3 is 2.21 bits per heavy atom. The number of nitrogens with zero attached hydrogens (tertiary/aromatic N) is 3. The number of rotatable bonds is 11. The Bertz CT molecular complexity index is 1050. The van der Waals surface area contributed by atoms with E-state index in [1.807, 2.05) is 18.2 Å². The average Bonchev–Trinajstić information content (AvgIpc) is 3.22. The zero-order valence-corrected chi connectivity index (χ0v) is 23.2. The highest BCUT2D eigenvalue weighted by Crippen LogP contribution is 2.48. The van der Waals surface area contributed by atoms with Crippen molar-refractivity contribution in [3.8, 4) is 0 Å². The van der Waals surface area contributed by atoms with Crippen molar-refractivity contribution >= 4 is 29.7 Å². The second kappa shape index (κ2) is 13.7. The number of piperidine rings is 2. The SMILES string of the molecule is Cl.O=C1CCCCN1CCCCCCCCCN1CC[C@@H]2[C@@H](C1)c1cc(F)ccc1N2c1ccc(F)cc1. The molecule has 5 rings (SSSR count). The van der Waals surface area contributed by atoms with E-state index in [4.69, 9.17) is 0 Å². The molecule has 0 spiro atoms. The summed E-state index contributed by atoms with van der Waals surface area (Å²) in [6.07, 6.45) is 12.6. The number of carbonyl (C=O) groups is 1. The van der Waals surface area contributed by atoms with Crippen molar-refractivity contribution in [1.82, 2.24) is 9.80 Å². The molecule has 2 saturated heterocycles. The van der Waals surface area contributed by atoms with Gasteiger partial charge in [0.2, 0.25) is 5.91 Å². The molecule has 38 heavy (non-hydrogen) atoms. The van der Waals surface area contributed by atoms with Gasteiger partial charge in [0.05, 0.1) is 0 Å². The molecule has 2 aromatic rings. The quantitative estimate of drug-likeness (QED) is 0.274. The standard InChI is InChI=1S/C31H41F2N3O.ClH/c32-24-11-14-26(15-12-24)36-29-16-13-25(33)22-27(29)28-23-34(21-17-30(28)36)18-7-4-2-1-3-5-8-19-35-20-9-6-10-31(35)37;/h11-16,22,28,30H,1-10,17-21,23H2;1H/t28-,30+;/m0./s1. The smallest absolute Gasteiger partial charge is 0.222 e. The first-order valence-corrected chi connectivity index (χ1v) is 14.4. The van der Waals surface area contributed by atoms with Crippen LogP contribution in [0.5, 0.6) is 0 Å². The Balaban J connectivity index is 0.00000336. The van der Waals surface area contributed by atoms with E-state index in [9.17, 15) is 13.6 Å². The van der Waals surface area contributed by atoms with Crippen molar-refractivity contribution in [2.24, 2.45) is 0 Å². The summed E-state index contributed by atoms with van der Waals surface area (Å²) in [6.45, 7) is 5.00. The molecule has 3 aliphatic heterocycles. The summed E-state index contributed by atoms with van der Waals surface area (Å²) in [5, 5.41) is 0. The van der Waals surface area contributed by atoms with Gasteiger partial charge in [-0.25, -0.2) is 8.78 Å². The largest absolute Gasteiger partial charge is 0.343 e. The van der Waals surface area contributed by atoms with Gasteiger partial charge in [-0.2, -0.15) is 0 Å². The number of hydrogen-bond acceptors (Lipinski definition) is 3. The molecule has 4 nitrogen and oxygen atoms in total. The molecule has 0 N–H and O–H groups in total. The van der Waals surface area contributed by atoms with E-state index in [1.165, 1.54) is 63.1 Å². The van der Waals surface area contributed by atoms with E-state index >= 15 is 0 Å². The summed E-state index contributed by atoms with van der Waals surface area (Å²) >= 11 is 0. The highest BCUT2D eigenvalue weighted by atomic mass is 35.5. The normalized spacial score (nSPS) is 21.3. The molecule has 7 heteroatoms. The van der Waals surface area contributed by atoms with Crippen LogP contribution in [-0.4, -0.2) is 54.5 Å². The van der Waals surface area contributed by atoms with Crippen LogP contribution in [0.25, 0.3) is 0 Å². The van der Waals surface area contributed by atoms with Crippen molar-refractivity contribution in [3.63, 3.8) is 0 Å². The molecule has 3 heterocycles. The fourth-order valence-corrected chi connectivity index (χ4v) is 6.60. The topological polar surface area (TPSA) is 26.8 Å². The number of hydrogen-bond donors (Lipinski definition) is 0.